The Morgan fingerprint density at radius 3 is 3.13 bits per heavy atom. The molecule has 0 radical (unpaired) electrons. The quantitative estimate of drug-likeness (QED) is 0.604. The Balaban J connectivity index is 1.98. The van der Waals surface area contributed by atoms with Crippen molar-refractivity contribution in [3.05, 3.63) is 34.7 Å². The molecule has 0 bridgehead atoms. The van der Waals surface area contributed by atoms with Crippen molar-refractivity contribution in [2.75, 3.05) is 5.43 Å². The monoisotopic (exact) mass is 222 g/mol. The summed E-state index contributed by atoms with van der Waals surface area (Å²) in [6, 6.07) is 5.68. The van der Waals surface area contributed by atoms with E-state index in [0.717, 1.165) is 4.88 Å². The molecule has 0 atom stereocenters. The van der Waals surface area contributed by atoms with Gasteiger partial charge in [-0.15, -0.1) is 11.3 Å². The first kappa shape index (κ1) is 9.88. The first-order chi connectivity index (χ1) is 7.38. The summed E-state index contributed by atoms with van der Waals surface area (Å²) in [5.74, 6) is 6.03. The number of nitrogen functional groups attached to an aromatic ring is 1. The van der Waals surface area contributed by atoms with Crippen molar-refractivity contribution >= 4 is 17.3 Å². The first-order valence-corrected chi connectivity index (χ1v) is 5.21. The van der Waals surface area contributed by atoms with Crippen molar-refractivity contribution in [3.8, 4) is 5.88 Å². The molecule has 3 N–H and O–H groups in total. The van der Waals surface area contributed by atoms with E-state index in [0.29, 0.717) is 18.4 Å². The number of nitrogens with two attached hydrogens (primary N) is 1. The molecule has 2 rings (SSSR count). The molecule has 0 fully saturated rings. The largest absolute Gasteiger partial charge is 0.472 e. The van der Waals surface area contributed by atoms with Crippen LogP contribution in [0.5, 0.6) is 5.88 Å². The normalized spacial score (nSPS) is 9.93. The number of hydrogen-bond acceptors (Lipinski definition) is 6. The van der Waals surface area contributed by atoms with Gasteiger partial charge in [0, 0.05) is 17.1 Å². The van der Waals surface area contributed by atoms with Gasteiger partial charge in [0.25, 0.3) is 0 Å². The highest BCUT2D eigenvalue weighted by molar-refractivity contribution is 7.09. The number of nitrogens with zero attached hydrogens (tertiary/aromatic N) is 2. The molecular formula is C9H10N4OS. The van der Waals surface area contributed by atoms with Crippen molar-refractivity contribution in [3.63, 3.8) is 0 Å². The fourth-order valence-corrected chi connectivity index (χ4v) is 1.65. The molecule has 2 aromatic rings. The average molecular weight is 222 g/mol. The predicted octanol–water partition coefficient (Wildman–Crippen LogP) is 1.40. The minimum Gasteiger partial charge on any atom is -0.472 e. The van der Waals surface area contributed by atoms with Crippen LogP contribution in [-0.4, -0.2) is 9.97 Å². The number of aromatic nitrogens is 2. The lowest BCUT2D eigenvalue weighted by atomic mass is 10.5. The fraction of sp³-hybridized carbons (Fsp3) is 0.111. The van der Waals surface area contributed by atoms with Crippen LogP contribution in [0, 0.1) is 0 Å². The Kier molecular flexibility index (Phi) is 3.11. The SMILES string of the molecule is NNc1nccc(OCc2cccs2)n1. The van der Waals surface area contributed by atoms with Gasteiger partial charge in [-0.2, -0.15) is 4.98 Å². The molecule has 78 valence electrons. The third kappa shape index (κ3) is 2.64. The fourth-order valence-electron chi connectivity index (χ4n) is 1.03. The maximum Gasteiger partial charge on any atom is 0.240 e. The minimum absolute atomic E-state index is 0.346. The number of hydrazine groups is 1. The third-order valence-electron chi connectivity index (χ3n) is 1.70. The Hall–Kier alpha value is -1.66. The van der Waals surface area contributed by atoms with Gasteiger partial charge in [0.15, 0.2) is 0 Å². The Morgan fingerprint density at radius 2 is 2.40 bits per heavy atom. The van der Waals surface area contributed by atoms with E-state index in [1.807, 2.05) is 17.5 Å². The summed E-state index contributed by atoms with van der Waals surface area (Å²) in [5.41, 5.74) is 2.36. The summed E-state index contributed by atoms with van der Waals surface area (Å²) in [5, 5.41) is 2.01. The molecular weight excluding hydrogens is 212 g/mol. The van der Waals surface area contributed by atoms with Gasteiger partial charge in [-0.25, -0.2) is 10.8 Å². The molecule has 0 unspecified atom stereocenters. The summed E-state index contributed by atoms with van der Waals surface area (Å²) in [6.07, 6.45) is 1.59. The second kappa shape index (κ2) is 4.72. The van der Waals surface area contributed by atoms with Crippen LogP contribution in [0.2, 0.25) is 0 Å². The number of thiophene rings is 1. The van der Waals surface area contributed by atoms with Gasteiger partial charge in [0.1, 0.15) is 6.61 Å². The van der Waals surface area contributed by atoms with E-state index in [1.165, 1.54) is 0 Å². The van der Waals surface area contributed by atoms with Gasteiger partial charge in [-0.3, -0.25) is 5.43 Å². The molecule has 0 spiro atoms. The molecule has 0 saturated heterocycles. The molecule has 0 aliphatic rings. The van der Waals surface area contributed by atoms with E-state index in [9.17, 15) is 0 Å². The molecule has 15 heavy (non-hydrogen) atoms. The lowest BCUT2D eigenvalue weighted by Gasteiger charge is -2.04. The van der Waals surface area contributed by atoms with Crippen LogP contribution in [0.25, 0.3) is 0 Å². The highest BCUT2D eigenvalue weighted by atomic mass is 32.1. The Morgan fingerprint density at radius 1 is 1.47 bits per heavy atom. The molecule has 0 aliphatic carbocycles. The van der Waals surface area contributed by atoms with Gasteiger partial charge in [0.05, 0.1) is 0 Å². The topological polar surface area (TPSA) is 73.1 Å². The Bertz CT molecular complexity index is 418. The standard InChI is InChI=1S/C9H10N4OS/c10-13-9-11-4-3-8(12-9)14-6-7-2-1-5-15-7/h1-5H,6,10H2,(H,11,12,13). The van der Waals surface area contributed by atoms with E-state index in [2.05, 4.69) is 15.4 Å². The third-order valence-corrected chi connectivity index (χ3v) is 2.55. The van der Waals surface area contributed by atoms with E-state index >= 15 is 0 Å². The summed E-state index contributed by atoms with van der Waals surface area (Å²) < 4.78 is 5.46. The lowest BCUT2D eigenvalue weighted by Crippen LogP contribution is -2.10. The van der Waals surface area contributed by atoms with Crippen molar-refractivity contribution in [2.45, 2.75) is 6.61 Å². The van der Waals surface area contributed by atoms with E-state index < -0.39 is 0 Å². The first-order valence-electron chi connectivity index (χ1n) is 4.33. The van der Waals surface area contributed by atoms with Crippen molar-refractivity contribution in [2.24, 2.45) is 5.84 Å². The van der Waals surface area contributed by atoms with Crippen LogP contribution < -0.4 is 16.0 Å². The van der Waals surface area contributed by atoms with Crippen LogP contribution in [0.4, 0.5) is 5.95 Å². The molecule has 0 aliphatic heterocycles. The maximum absolute atomic E-state index is 5.46. The number of nitrogens with one attached hydrogen (secondary N) is 1. The summed E-state index contributed by atoms with van der Waals surface area (Å²) in [7, 11) is 0. The van der Waals surface area contributed by atoms with Crippen molar-refractivity contribution in [1.82, 2.24) is 9.97 Å². The highest BCUT2D eigenvalue weighted by Gasteiger charge is 1.99. The van der Waals surface area contributed by atoms with Gasteiger partial charge in [-0.1, -0.05) is 6.07 Å². The van der Waals surface area contributed by atoms with Crippen LogP contribution in [-0.2, 0) is 6.61 Å². The van der Waals surface area contributed by atoms with E-state index in [1.54, 1.807) is 23.6 Å². The summed E-state index contributed by atoms with van der Waals surface area (Å²) in [4.78, 5) is 9.05. The molecule has 2 aromatic heterocycles. The minimum atomic E-state index is 0.346. The Labute approximate surface area is 90.9 Å². The average Bonchev–Trinajstić information content (AvgIpc) is 2.79. The highest BCUT2D eigenvalue weighted by Crippen LogP contribution is 2.13. The number of hydrogen-bond donors (Lipinski definition) is 2. The van der Waals surface area contributed by atoms with Gasteiger partial charge >= 0.3 is 0 Å². The zero-order chi connectivity index (χ0) is 10.5. The molecule has 0 amide bonds. The van der Waals surface area contributed by atoms with Crippen LogP contribution in [0.15, 0.2) is 29.8 Å². The molecule has 0 saturated carbocycles. The number of rotatable bonds is 4. The van der Waals surface area contributed by atoms with E-state index in [4.69, 9.17) is 10.6 Å². The van der Waals surface area contributed by atoms with Crippen molar-refractivity contribution < 1.29 is 4.74 Å². The van der Waals surface area contributed by atoms with Gasteiger partial charge in [-0.05, 0) is 11.4 Å². The summed E-state index contributed by atoms with van der Waals surface area (Å²) in [6.45, 7) is 0.513. The zero-order valence-electron chi connectivity index (χ0n) is 7.88. The second-order valence-corrected chi connectivity index (χ2v) is 3.76. The second-order valence-electron chi connectivity index (χ2n) is 2.73. The van der Waals surface area contributed by atoms with Crippen LogP contribution >= 0.6 is 11.3 Å². The smallest absolute Gasteiger partial charge is 0.240 e. The van der Waals surface area contributed by atoms with Gasteiger partial charge < -0.3 is 4.74 Å². The van der Waals surface area contributed by atoms with Crippen LogP contribution in [0.1, 0.15) is 4.88 Å². The predicted molar refractivity (Wildman–Crippen MR) is 58.5 cm³/mol. The van der Waals surface area contributed by atoms with E-state index in [-0.39, 0.29) is 0 Å². The maximum atomic E-state index is 5.46. The number of anilines is 1. The van der Waals surface area contributed by atoms with Gasteiger partial charge in [0.2, 0.25) is 11.8 Å². The molecule has 0 aromatic carbocycles. The summed E-state index contributed by atoms with van der Waals surface area (Å²) >= 11 is 1.64. The van der Waals surface area contributed by atoms with Crippen LogP contribution in [0.3, 0.4) is 0 Å². The molecule has 2 heterocycles. The van der Waals surface area contributed by atoms with Crippen molar-refractivity contribution in [1.29, 1.82) is 0 Å². The molecule has 6 heteroatoms. The lowest BCUT2D eigenvalue weighted by molar-refractivity contribution is 0.297. The number of ether oxygens (including phenoxy) is 1. The molecule has 5 nitrogen and oxygen atoms in total. The zero-order valence-corrected chi connectivity index (χ0v) is 8.70.